The van der Waals surface area contributed by atoms with E-state index in [-0.39, 0.29) is 52.1 Å². The second kappa shape index (κ2) is 14.0. The molecule has 1 heterocycles. The molecule has 0 unspecified atom stereocenters. The lowest BCUT2D eigenvalue weighted by atomic mass is 10.1. The molecule has 0 aliphatic carbocycles. The summed E-state index contributed by atoms with van der Waals surface area (Å²) >= 11 is 0. The van der Waals surface area contributed by atoms with E-state index in [1.54, 1.807) is 4.90 Å². The van der Waals surface area contributed by atoms with Gasteiger partial charge in [0.2, 0.25) is 17.6 Å². The molecule has 3 aromatic rings. The number of amides is 4. The summed E-state index contributed by atoms with van der Waals surface area (Å²) in [6, 6.07) is 10.4. The van der Waals surface area contributed by atoms with E-state index in [9.17, 15) is 19.2 Å². The van der Waals surface area contributed by atoms with Gasteiger partial charge in [-0.05, 0) is 75.2 Å². The van der Waals surface area contributed by atoms with Crippen LogP contribution < -0.4 is 34.9 Å². The zero-order valence-corrected chi connectivity index (χ0v) is 26.5. The van der Waals surface area contributed by atoms with Crippen molar-refractivity contribution in [3.8, 4) is 28.7 Å². The number of benzene rings is 3. The largest absolute Gasteiger partial charge is 0.493 e. The van der Waals surface area contributed by atoms with Gasteiger partial charge in [0.1, 0.15) is 11.8 Å². The predicted molar refractivity (Wildman–Crippen MR) is 169 cm³/mol. The Morgan fingerprint density at radius 3 is 2.02 bits per heavy atom. The molecule has 1 atom stereocenters. The lowest BCUT2D eigenvalue weighted by Crippen LogP contribution is -2.45. The minimum absolute atomic E-state index is 0.103. The number of nitrogens with zero attached hydrogens (tertiary/aromatic N) is 1. The van der Waals surface area contributed by atoms with Crippen molar-refractivity contribution in [3.05, 3.63) is 64.7 Å². The minimum atomic E-state index is -1.10. The molecule has 4 amide bonds. The molecule has 0 fully saturated rings. The zero-order chi connectivity index (χ0) is 32.8. The number of rotatable bonds is 11. The van der Waals surface area contributed by atoms with Crippen LogP contribution in [0.15, 0.2) is 42.5 Å². The normalized spacial score (nSPS) is 13.9. The first-order valence-electron chi connectivity index (χ1n) is 14.5. The van der Waals surface area contributed by atoms with Gasteiger partial charge in [-0.3, -0.25) is 19.2 Å². The maximum absolute atomic E-state index is 13.6. The summed E-state index contributed by atoms with van der Waals surface area (Å²) in [6.45, 7) is 8.49. The quantitative estimate of drug-likeness (QED) is 0.281. The van der Waals surface area contributed by atoms with Gasteiger partial charge < -0.3 is 39.8 Å². The summed E-state index contributed by atoms with van der Waals surface area (Å²) in [5.41, 5.74) is 2.52. The number of hydrogen-bond donors (Lipinski definition) is 3. The van der Waals surface area contributed by atoms with Gasteiger partial charge in [0.25, 0.3) is 11.8 Å². The molecule has 0 saturated carbocycles. The summed E-state index contributed by atoms with van der Waals surface area (Å²) < 4.78 is 22.4. The molecular formula is C33H38N4O8. The number of carbonyl (C=O) groups is 4. The summed E-state index contributed by atoms with van der Waals surface area (Å²) in [5.74, 6) is -0.424. The Hall–Kier alpha value is -5.26. The third kappa shape index (κ3) is 7.28. The molecule has 0 spiro atoms. The summed E-state index contributed by atoms with van der Waals surface area (Å²) in [5, 5.41) is 8.24. The zero-order valence-electron chi connectivity index (χ0n) is 26.5. The van der Waals surface area contributed by atoms with Gasteiger partial charge in [0.15, 0.2) is 17.2 Å². The van der Waals surface area contributed by atoms with E-state index in [4.69, 9.17) is 18.9 Å². The van der Waals surface area contributed by atoms with E-state index < -0.39 is 23.8 Å². The third-order valence-electron chi connectivity index (χ3n) is 7.34. The van der Waals surface area contributed by atoms with E-state index in [0.717, 1.165) is 11.1 Å². The molecule has 1 aliphatic heterocycles. The lowest BCUT2D eigenvalue weighted by Gasteiger charge is -2.21. The Bertz CT molecular complexity index is 1590. The van der Waals surface area contributed by atoms with Crippen LogP contribution in [0.2, 0.25) is 0 Å². The molecule has 12 heteroatoms. The third-order valence-corrected chi connectivity index (χ3v) is 7.34. The molecule has 238 valence electrons. The van der Waals surface area contributed by atoms with Gasteiger partial charge >= 0.3 is 0 Å². The Balaban J connectivity index is 1.75. The van der Waals surface area contributed by atoms with Crippen LogP contribution >= 0.6 is 0 Å². The maximum Gasteiger partial charge on any atom is 0.256 e. The molecule has 3 N–H and O–H groups in total. The van der Waals surface area contributed by atoms with Crippen LogP contribution in [0, 0.1) is 13.8 Å². The summed E-state index contributed by atoms with van der Waals surface area (Å²) in [4.78, 5) is 54.6. The van der Waals surface area contributed by atoms with Crippen molar-refractivity contribution in [1.82, 2.24) is 10.2 Å². The van der Waals surface area contributed by atoms with Crippen LogP contribution in [0.3, 0.4) is 0 Å². The SMILES string of the molecule is CCN(CC)C(=O)C[C@@H]1NC(=O)c2cc(Oc3cc(C)cc(C)c3)c(NC(=O)c3cc(OC)c(OC)c(OC)c3)cc2NC1=O. The molecular weight excluding hydrogens is 580 g/mol. The standard InChI is InChI=1S/C33H38N4O8/c1-8-37(9-2)29(38)17-25-33(41)34-23-16-24(35-31(39)20-13-27(42-5)30(44-7)28(14-20)43-6)26(15-22(23)32(40)36-25)45-21-11-18(3)10-19(4)12-21/h10-16,25H,8-9,17H2,1-7H3,(H,34,41)(H,35,39)(H,36,40)/t25-/m0/s1. The van der Waals surface area contributed by atoms with Crippen molar-refractivity contribution in [2.45, 2.75) is 40.2 Å². The highest BCUT2D eigenvalue weighted by molar-refractivity contribution is 6.13. The topological polar surface area (TPSA) is 145 Å². The number of ether oxygens (including phenoxy) is 4. The van der Waals surface area contributed by atoms with Crippen LogP contribution in [0.25, 0.3) is 0 Å². The number of methoxy groups -OCH3 is 3. The Kier molecular flexibility index (Phi) is 10.2. The van der Waals surface area contributed by atoms with Crippen molar-refractivity contribution in [1.29, 1.82) is 0 Å². The van der Waals surface area contributed by atoms with E-state index in [1.807, 2.05) is 45.9 Å². The highest BCUT2D eigenvalue weighted by Gasteiger charge is 2.32. The molecule has 4 rings (SSSR count). The molecule has 12 nitrogen and oxygen atoms in total. The van der Waals surface area contributed by atoms with Crippen molar-refractivity contribution in [2.24, 2.45) is 0 Å². The van der Waals surface area contributed by atoms with Crippen LogP contribution in [0.4, 0.5) is 11.4 Å². The Morgan fingerprint density at radius 1 is 0.844 bits per heavy atom. The molecule has 45 heavy (non-hydrogen) atoms. The van der Waals surface area contributed by atoms with Crippen molar-refractivity contribution >= 4 is 35.0 Å². The number of anilines is 2. The van der Waals surface area contributed by atoms with Crippen molar-refractivity contribution < 1.29 is 38.1 Å². The number of aryl methyl sites for hydroxylation is 2. The van der Waals surface area contributed by atoms with Gasteiger partial charge in [-0.1, -0.05) is 6.07 Å². The van der Waals surface area contributed by atoms with Crippen molar-refractivity contribution in [2.75, 3.05) is 45.1 Å². The van der Waals surface area contributed by atoms with Crippen LogP contribution in [-0.2, 0) is 9.59 Å². The van der Waals surface area contributed by atoms with Gasteiger partial charge in [-0.15, -0.1) is 0 Å². The molecule has 0 aromatic heterocycles. The van der Waals surface area contributed by atoms with Crippen LogP contribution in [0.5, 0.6) is 28.7 Å². The average molecular weight is 619 g/mol. The predicted octanol–water partition coefficient (Wildman–Crippen LogP) is 4.68. The smallest absolute Gasteiger partial charge is 0.256 e. The molecule has 0 radical (unpaired) electrons. The highest BCUT2D eigenvalue weighted by Crippen LogP contribution is 2.40. The lowest BCUT2D eigenvalue weighted by molar-refractivity contribution is -0.133. The molecule has 1 aliphatic rings. The molecule has 3 aromatic carbocycles. The molecule has 0 saturated heterocycles. The number of hydrogen-bond acceptors (Lipinski definition) is 8. The van der Waals surface area contributed by atoms with Crippen LogP contribution in [0.1, 0.15) is 52.1 Å². The second-order valence-electron chi connectivity index (χ2n) is 10.5. The highest BCUT2D eigenvalue weighted by atomic mass is 16.5. The van der Waals surface area contributed by atoms with Crippen molar-refractivity contribution in [3.63, 3.8) is 0 Å². The first kappa shape index (κ1) is 32.6. The Morgan fingerprint density at radius 2 is 1.47 bits per heavy atom. The fourth-order valence-corrected chi connectivity index (χ4v) is 5.12. The van der Waals surface area contributed by atoms with Gasteiger partial charge in [0.05, 0.1) is 44.7 Å². The number of fused-ring (bicyclic) bond motifs is 1. The summed E-state index contributed by atoms with van der Waals surface area (Å²) in [7, 11) is 4.34. The minimum Gasteiger partial charge on any atom is -0.493 e. The van der Waals surface area contributed by atoms with Crippen LogP contribution in [-0.4, -0.2) is 69.0 Å². The average Bonchev–Trinajstić information content (AvgIpc) is 3.11. The monoisotopic (exact) mass is 618 g/mol. The van der Waals surface area contributed by atoms with E-state index in [2.05, 4.69) is 16.0 Å². The van der Waals surface area contributed by atoms with E-state index in [0.29, 0.717) is 24.6 Å². The summed E-state index contributed by atoms with van der Waals surface area (Å²) in [6.07, 6.45) is -0.204. The fourth-order valence-electron chi connectivity index (χ4n) is 5.12. The van der Waals surface area contributed by atoms with E-state index in [1.165, 1.54) is 45.6 Å². The second-order valence-corrected chi connectivity index (χ2v) is 10.5. The van der Waals surface area contributed by atoms with E-state index >= 15 is 0 Å². The molecule has 0 bridgehead atoms. The number of carbonyl (C=O) groups excluding carboxylic acids is 4. The fraction of sp³-hybridized carbons (Fsp3) is 0.333. The first-order chi connectivity index (χ1) is 21.5. The van der Waals surface area contributed by atoms with Gasteiger partial charge in [0, 0.05) is 18.7 Å². The first-order valence-corrected chi connectivity index (χ1v) is 14.5. The Labute approximate surface area is 262 Å². The van der Waals surface area contributed by atoms with Gasteiger partial charge in [-0.25, -0.2) is 0 Å². The van der Waals surface area contributed by atoms with Gasteiger partial charge in [-0.2, -0.15) is 0 Å². The number of nitrogens with one attached hydrogen (secondary N) is 3. The maximum atomic E-state index is 13.6.